The lowest BCUT2D eigenvalue weighted by Gasteiger charge is -2.34. The Morgan fingerprint density at radius 3 is 2.23 bits per heavy atom. The van der Waals surface area contributed by atoms with E-state index in [1.54, 1.807) is 0 Å². The predicted molar refractivity (Wildman–Crippen MR) is 120 cm³/mol. The molecule has 160 valence electrons. The monoisotopic (exact) mass is 408 g/mol. The Bertz CT molecular complexity index is 800. The van der Waals surface area contributed by atoms with Gasteiger partial charge in [-0.1, -0.05) is 43.7 Å². The summed E-state index contributed by atoms with van der Waals surface area (Å²) >= 11 is 0. The summed E-state index contributed by atoms with van der Waals surface area (Å²) in [7, 11) is 0. The zero-order valence-electron chi connectivity index (χ0n) is 17.8. The van der Waals surface area contributed by atoms with Crippen LogP contribution < -0.4 is 10.6 Å². The molecule has 2 aromatic rings. The summed E-state index contributed by atoms with van der Waals surface area (Å²) in [4.78, 5) is 28.9. The third-order valence-corrected chi connectivity index (χ3v) is 5.34. The number of piperazine rings is 1. The van der Waals surface area contributed by atoms with Gasteiger partial charge in [0.05, 0.1) is 6.54 Å². The molecule has 0 aromatic heterocycles. The number of para-hydroxylation sites is 1. The number of rotatable bonds is 9. The third kappa shape index (κ3) is 6.97. The van der Waals surface area contributed by atoms with E-state index in [0.717, 1.165) is 57.8 Å². The molecule has 0 radical (unpaired) electrons. The molecule has 2 aromatic carbocycles. The molecule has 0 bridgehead atoms. The van der Waals surface area contributed by atoms with E-state index in [9.17, 15) is 9.59 Å². The second-order valence-corrected chi connectivity index (χ2v) is 7.77. The van der Waals surface area contributed by atoms with E-state index in [2.05, 4.69) is 27.4 Å². The van der Waals surface area contributed by atoms with Crippen LogP contribution in [-0.4, -0.2) is 60.9 Å². The molecule has 2 N–H and O–H groups in total. The van der Waals surface area contributed by atoms with Crippen LogP contribution in [0.25, 0.3) is 0 Å². The minimum Gasteiger partial charge on any atom is -0.355 e. The first-order valence-corrected chi connectivity index (χ1v) is 10.8. The molecule has 6 heteroatoms. The highest BCUT2D eigenvalue weighted by atomic mass is 16.2. The summed E-state index contributed by atoms with van der Waals surface area (Å²) in [6.45, 7) is 7.93. The smallest absolute Gasteiger partial charge is 0.255 e. The lowest BCUT2D eigenvalue weighted by atomic mass is 10.1. The van der Waals surface area contributed by atoms with Crippen LogP contribution in [0.4, 0.5) is 5.69 Å². The van der Waals surface area contributed by atoms with Gasteiger partial charge in [-0.05, 0) is 36.2 Å². The molecule has 2 amide bonds. The predicted octanol–water partition coefficient (Wildman–Crippen LogP) is 2.97. The molecule has 1 aliphatic heterocycles. The van der Waals surface area contributed by atoms with Crippen LogP contribution in [0.15, 0.2) is 54.6 Å². The standard InChI is InChI=1S/C24H32N4O2/c1-2-3-13-25-23(29)19-28-16-14-27(15-17-28)18-20-9-11-21(12-10-20)24(30)26-22-7-5-4-6-8-22/h4-12H,2-3,13-19H2,1H3,(H,25,29)(H,26,30). The average Bonchev–Trinajstić information content (AvgIpc) is 2.76. The average molecular weight is 409 g/mol. The van der Waals surface area contributed by atoms with Gasteiger partial charge in [-0.15, -0.1) is 0 Å². The Morgan fingerprint density at radius 1 is 0.900 bits per heavy atom. The second-order valence-electron chi connectivity index (χ2n) is 7.77. The quantitative estimate of drug-likeness (QED) is 0.626. The van der Waals surface area contributed by atoms with E-state index < -0.39 is 0 Å². The third-order valence-electron chi connectivity index (χ3n) is 5.34. The lowest BCUT2D eigenvalue weighted by Crippen LogP contribution is -2.49. The van der Waals surface area contributed by atoms with E-state index in [1.165, 1.54) is 5.56 Å². The van der Waals surface area contributed by atoms with Crippen molar-refractivity contribution >= 4 is 17.5 Å². The Hall–Kier alpha value is -2.70. The SMILES string of the molecule is CCCCNC(=O)CN1CCN(Cc2ccc(C(=O)Nc3ccccc3)cc2)CC1. The molecule has 1 aliphatic rings. The van der Waals surface area contributed by atoms with Gasteiger partial charge in [0.25, 0.3) is 5.91 Å². The van der Waals surface area contributed by atoms with Gasteiger partial charge in [0.2, 0.25) is 5.91 Å². The van der Waals surface area contributed by atoms with Crippen molar-refractivity contribution in [3.63, 3.8) is 0 Å². The molecule has 0 aliphatic carbocycles. The van der Waals surface area contributed by atoms with Crippen LogP contribution in [-0.2, 0) is 11.3 Å². The first-order valence-electron chi connectivity index (χ1n) is 10.8. The summed E-state index contributed by atoms with van der Waals surface area (Å²) in [5, 5.41) is 5.89. The van der Waals surface area contributed by atoms with Gasteiger partial charge < -0.3 is 10.6 Å². The Labute approximate surface area is 179 Å². The molecule has 30 heavy (non-hydrogen) atoms. The normalized spacial score (nSPS) is 15.0. The van der Waals surface area contributed by atoms with Crippen molar-refractivity contribution in [2.75, 3.05) is 44.6 Å². The summed E-state index contributed by atoms with van der Waals surface area (Å²) in [6, 6.07) is 17.3. The number of anilines is 1. The number of carbonyl (C=O) groups excluding carboxylic acids is 2. The number of carbonyl (C=O) groups is 2. The maximum atomic E-state index is 12.4. The van der Waals surface area contributed by atoms with Crippen LogP contribution in [0.5, 0.6) is 0 Å². The van der Waals surface area contributed by atoms with Gasteiger partial charge in [-0.2, -0.15) is 0 Å². The molecule has 6 nitrogen and oxygen atoms in total. The van der Waals surface area contributed by atoms with E-state index in [4.69, 9.17) is 0 Å². The molecular formula is C24H32N4O2. The molecule has 1 saturated heterocycles. The molecule has 3 rings (SSSR count). The fourth-order valence-electron chi connectivity index (χ4n) is 3.51. The van der Waals surface area contributed by atoms with Gasteiger partial charge in [0, 0.05) is 50.5 Å². The van der Waals surface area contributed by atoms with Crippen molar-refractivity contribution in [1.82, 2.24) is 15.1 Å². The molecule has 1 heterocycles. The molecular weight excluding hydrogens is 376 g/mol. The minimum atomic E-state index is -0.0985. The largest absolute Gasteiger partial charge is 0.355 e. The molecule has 0 spiro atoms. The fourth-order valence-corrected chi connectivity index (χ4v) is 3.51. The van der Waals surface area contributed by atoms with Crippen LogP contribution in [0, 0.1) is 0 Å². The number of hydrogen-bond acceptors (Lipinski definition) is 4. The topological polar surface area (TPSA) is 64.7 Å². The van der Waals surface area contributed by atoms with Gasteiger partial charge in [-0.3, -0.25) is 19.4 Å². The molecule has 0 saturated carbocycles. The van der Waals surface area contributed by atoms with Crippen LogP contribution in [0.3, 0.4) is 0 Å². The highest BCUT2D eigenvalue weighted by Crippen LogP contribution is 2.12. The van der Waals surface area contributed by atoms with E-state index in [0.29, 0.717) is 12.1 Å². The Balaban J connectivity index is 1.41. The van der Waals surface area contributed by atoms with Crippen molar-refractivity contribution in [2.24, 2.45) is 0 Å². The number of nitrogens with one attached hydrogen (secondary N) is 2. The van der Waals surface area contributed by atoms with Crippen molar-refractivity contribution in [3.05, 3.63) is 65.7 Å². The number of benzene rings is 2. The number of unbranched alkanes of at least 4 members (excludes halogenated alkanes) is 1. The van der Waals surface area contributed by atoms with E-state index in [1.807, 2.05) is 54.6 Å². The maximum Gasteiger partial charge on any atom is 0.255 e. The van der Waals surface area contributed by atoms with Crippen LogP contribution in [0.2, 0.25) is 0 Å². The van der Waals surface area contributed by atoms with Crippen molar-refractivity contribution in [3.8, 4) is 0 Å². The van der Waals surface area contributed by atoms with Crippen LogP contribution in [0.1, 0.15) is 35.7 Å². The van der Waals surface area contributed by atoms with Crippen molar-refractivity contribution in [2.45, 2.75) is 26.3 Å². The minimum absolute atomic E-state index is 0.0985. The first kappa shape index (κ1) is 22.0. The molecule has 1 fully saturated rings. The van der Waals surface area contributed by atoms with Gasteiger partial charge in [0.15, 0.2) is 0 Å². The first-order chi connectivity index (χ1) is 14.6. The van der Waals surface area contributed by atoms with Gasteiger partial charge >= 0.3 is 0 Å². The maximum absolute atomic E-state index is 12.4. The molecule has 0 atom stereocenters. The van der Waals surface area contributed by atoms with Crippen molar-refractivity contribution in [1.29, 1.82) is 0 Å². The van der Waals surface area contributed by atoms with Gasteiger partial charge in [0.1, 0.15) is 0 Å². The van der Waals surface area contributed by atoms with Crippen LogP contribution >= 0.6 is 0 Å². The highest BCUT2D eigenvalue weighted by Gasteiger charge is 2.19. The summed E-state index contributed by atoms with van der Waals surface area (Å²) < 4.78 is 0. The summed E-state index contributed by atoms with van der Waals surface area (Å²) in [5.74, 6) is 0.0276. The fraction of sp³-hybridized carbons (Fsp3) is 0.417. The summed E-state index contributed by atoms with van der Waals surface area (Å²) in [5.41, 5.74) is 2.64. The van der Waals surface area contributed by atoms with Crippen molar-refractivity contribution < 1.29 is 9.59 Å². The number of nitrogens with zero attached hydrogens (tertiary/aromatic N) is 2. The summed E-state index contributed by atoms with van der Waals surface area (Å²) in [6.07, 6.45) is 2.13. The Morgan fingerprint density at radius 2 is 1.57 bits per heavy atom. The molecule has 0 unspecified atom stereocenters. The van der Waals surface area contributed by atoms with E-state index >= 15 is 0 Å². The highest BCUT2D eigenvalue weighted by molar-refractivity contribution is 6.04. The number of hydrogen-bond donors (Lipinski definition) is 2. The Kier molecular flexibility index (Phi) is 8.41. The zero-order chi connectivity index (χ0) is 21.2. The zero-order valence-corrected chi connectivity index (χ0v) is 17.8. The van der Waals surface area contributed by atoms with E-state index in [-0.39, 0.29) is 11.8 Å². The number of amides is 2. The lowest BCUT2D eigenvalue weighted by molar-refractivity contribution is -0.122. The second kappa shape index (κ2) is 11.5. The van der Waals surface area contributed by atoms with Gasteiger partial charge in [-0.25, -0.2) is 0 Å².